The van der Waals surface area contributed by atoms with Crippen LogP contribution in [-0.4, -0.2) is 29.7 Å². The van der Waals surface area contributed by atoms with Crippen LogP contribution < -0.4 is 0 Å². The first-order chi connectivity index (χ1) is 5.52. The molecule has 0 radical (unpaired) electrons. The van der Waals surface area contributed by atoms with Gasteiger partial charge in [-0.2, -0.15) is 0 Å². The number of nitrogens with zero attached hydrogens (tertiary/aromatic N) is 1. The highest BCUT2D eigenvalue weighted by Gasteiger charge is 2.34. The third kappa shape index (κ3) is 1.98. The fourth-order valence-corrected chi connectivity index (χ4v) is 2.08. The minimum atomic E-state index is -0.597. The first-order valence-electron chi connectivity index (χ1n) is 4.92. The fourth-order valence-electron chi connectivity index (χ4n) is 2.08. The molecular weight excluding hydrogens is 153 g/mol. The number of hydrogen-bond acceptors (Lipinski definition) is 1. The summed E-state index contributed by atoms with van der Waals surface area (Å²) in [6.45, 7) is 9.29. The second-order valence-corrected chi connectivity index (χ2v) is 4.43. The van der Waals surface area contributed by atoms with Crippen LogP contribution in [-0.2, 0) is 0 Å². The summed E-state index contributed by atoms with van der Waals surface area (Å²) in [7, 11) is 0. The van der Waals surface area contributed by atoms with Crippen molar-refractivity contribution in [2.45, 2.75) is 52.4 Å². The summed E-state index contributed by atoms with van der Waals surface area (Å²) < 4.78 is 13.1. The Kier molecular flexibility index (Phi) is 3.10. The summed E-state index contributed by atoms with van der Waals surface area (Å²) in [5.74, 6) is 0.577. The molecule has 0 aliphatic carbocycles. The molecule has 2 unspecified atom stereocenters. The molecule has 2 heteroatoms. The molecule has 1 nitrogen and oxygen atoms in total. The molecule has 2 atom stereocenters. The molecular formula is C10H20FN. The van der Waals surface area contributed by atoms with Gasteiger partial charge in [0.25, 0.3) is 0 Å². The van der Waals surface area contributed by atoms with Crippen molar-refractivity contribution in [2.75, 3.05) is 6.54 Å². The number of likely N-dealkylation sites (tertiary alicyclic amines) is 1. The third-order valence-electron chi connectivity index (χ3n) is 2.76. The van der Waals surface area contributed by atoms with E-state index >= 15 is 0 Å². The lowest BCUT2D eigenvalue weighted by atomic mass is 10.0. The van der Waals surface area contributed by atoms with Crippen molar-refractivity contribution >= 4 is 0 Å². The van der Waals surface area contributed by atoms with Gasteiger partial charge in [0.05, 0.1) is 0 Å². The van der Waals surface area contributed by atoms with E-state index in [2.05, 4.69) is 32.6 Å². The molecule has 1 fully saturated rings. The Labute approximate surface area is 74.9 Å². The quantitative estimate of drug-likeness (QED) is 0.620. The second-order valence-electron chi connectivity index (χ2n) is 4.43. The Balaban J connectivity index is 2.59. The van der Waals surface area contributed by atoms with Crippen LogP contribution in [0.3, 0.4) is 0 Å². The fraction of sp³-hybridized carbons (Fsp3) is 1.00. The monoisotopic (exact) mass is 173 g/mol. The maximum Gasteiger partial charge on any atom is 0.114 e. The lowest BCUT2D eigenvalue weighted by Crippen LogP contribution is -2.38. The van der Waals surface area contributed by atoms with E-state index in [1.54, 1.807) is 0 Å². The molecule has 0 aromatic heterocycles. The van der Waals surface area contributed by atoms with Crippen LogP contribution in [0.15, 0.2) is 0 Å². The largest absolute Gasteiger partial charge is 0.295 e. The van der Waals surface area contributed by atoms with Crippen molar-refractivity contribution in [3.63, 3.8) is 0 Å². The predicted molar refractivity (Wildman–Crippen MR) is 50.0 cm³/mol. The third-order valence-corrected chi connectivity index (χ3v) is 2.76. The molecule has 0 amide bonds. The summed E-state index contributed by atoms with van der Waals surface area (Å²) >= 11 is 0. The van der Waals surface area contributed by atoms with Crippen molar-refractivity contribution < 1.29 is 4.39 Å². The molecule has 0 saturated carbocycles. The van der Waals surface area contributed by atoms with Crippen LogP contribution in [0.2, 0.25) is 0 Å². The molecule has 0 spiro atoms. The minimum absolute atomic E-state index is 0.458. The lowest BCUT2D eigenvalue weighted by molar-refractivity contribution is 0.162. The number of halogens is 1. The summed E-state index contributed by atoms with van der Waals surface area (Å²) in [5.41, 5.74) is 0. The van der Waals surface area contributed by atoms with Gasteiger partial charge in [-0.3, -0.25) is 4.90 Å². The van der Waals surface area contributed by atoms with E-state index in [0.29, 0.717) is 24.5 Å². The van der Waals surface area contributed by atoms with Crippen LogP contribution in [0, 0.1) is 5.92 Å². The van der Waals surface area contributed by atoms with Gasteiger partial charge in [-0.25, -0.2) is 4.39 Å². The van der Waals surface area contributed by atoms with E-state index in [1.165, 1.54) is 0 Å². The number of hydrogen-bond donors (Lipinski definition) is 0. The maximum atomic E-state index is 13.1. The SMILES string of the molecule is CC(C)C1CC(F)CN1C(C)C. The second kappa shape index (κ2) is 3.73. The standard InChI is InChI=1S/C10H20FN/c1-7(2)10-5-9(11)6-12(10)8(3)4/h7-10H,5-6H2,1-4H3. The van der Waals surface area contributed by atoms with Crippen molar-refractivity contribution in [1.82, 2.24) is 4.90 Å². The molecule has 1 saturated heterocycles. The van der Waals surface area contributed by atoms with Crippen LogP contribution in [0.1, 0.15) is 34.1 Å². The minimum Gasteiger partial charge on any atom is -0.295 e. The van der Waals surface area contributed by atoms with E-state index in [4.69, 9.17) is 0 Å². The average Bonchev–Trinajstić information content (AvgIpc) is 2.31. The molecule has 1 aliphatic heterocycles. The zero-order valence-corrected chi connectivity index (χ0v) is 8.55. The summed E-state index contributed by atoms with van der Waals surface area (Å²) in [5, 5.41) is 0. The van der Waals surface area contributed by atoms with Gasteiger partial charge in [-0.15, -0.1) is 0 Å². The Bertz CT molecular complexity index is 129. The Morgan fingerprint density at radius 3 is 2.17 bits per heavy atom. The number of rotatable bonds is 2. The van der Waals surface area contributed by atoms with Crippen molar-refractivity contribution in [2.24, 2.45) is 5.92 Å². The van der Waals surface area contributed by atoms with Gasteiger partial charge in [-0.1, -0.05) is 13.8 Å². The molecule has 0 bridgehead atoms. The Morgan fingerprint density at radius 1 is 1.25 bits per heavy atom. The first kappa shape index (κ1) is 9.97. The summed E-state index contributed by atoms with van der Waals surface area (Å²) in [6, 6.07) is 0.943. The highest BCUT2D eigenvalue weighted by molar-refractivity contribution is 4.88. The van der Waals surface area contributed by atoms with E-state index in [0.717, 1.165) is 6.42 Å². The van der Waals surface area contributed by atoms with Crippen molar-refractivity contribution in [3.8, 4) is 0 Å². The van der Waals surface area contributed by atoms with Crippen LogP contribution in [0.25, 0.3) is 0 Å². The van der Waals surface area contributed by atoms with Crippen LogP contribution >= 0.6 is 0 Å². The van der Waals surface area contributed by atoms with Crippen molar-refractivity contribution in [3.05, 3.63) is 0 Å². The molecule has 0 N–H and O–H groups in total. The highest BCUT2D eigenvalue weighted by Crippen LogP contribution is 2.27. The van der Waals surface area contributed by atoms with Gasteiger partial charge in [-0.05, 0) is 26.2 Å². The van der Waals surface area contributed by atoms with Gasteiger partial charge < -0.3 is 0 Å². The molecule has 0 aromatic carbocycles. The average molecular weight is 173 g/mol. The van der Waals surface area contributed by atoms with Gasteiger partial charge in [0.15, 0.2) is 0 Å². The van der Waals surface area contributed by atoms with Gasteiger partial charge in [0.2, 0.25) is 0 Å². The molecule has 0 aromatic rings. The Morgan fingerprint density at radius 2 is 1.83 bits per heavy atom. The van der Waals surface area contributed by atoms with Gasteiger partial charge >= 0.3 is 0 Å². The first-order valence-corrected chi connectivity index (χ1v) is 4.92. The molecule has 1 aliphatic rings. The van der Waals surface area contributed by atoms with E-state index in [9.17, 15) is 4.39 Å². The lowest BCUT2D eigenvalue weighted by Gasteiger charge is -2.30. The van der Waals surface area contributed by atoms with Crippen molar-refractivity contribution in [1.29, 1.82) is 0 Å². The van der Waals surface area contributed by atoms with E-state index in [-0.39, 0.29) is 0 Å². The smallest absolute Gasteiger partial charge is 0.114 e. The predicted octanol–water partition coefficient (Wildman–Crippen LogP) is 2.46. The zero-order chi connectivity index (χ0) is 9.30. The maximum absolute atomic E-state index is 13.1. The molecule has 72 valence electrons. The Hall–Kier alpha value is -0.110. The van der Waals surface area contributed by atoms with Crippen LogP contribution in [0.4, 0.5) is 4.39 Å². The zero-order valence-electron chi connectivity index (χ0n) is 8.55. The van der Waals surface area contributed by atoms with E-state index in [1.807, 2.05) is 0 Å². The highest BCUT2D eigenvalue weighted by atomic mass is 19.1. The normalized spacial score (nSPS) is 32.2. The molecule has 1 rings (SSSR count). The van der Waals surface area contributed by atoms with Gasteiger partial charge in [0.1, 0.15) is 6.17 Å². The van der Waals surface area contributed by atoms with E-state index < -0.39 is 6.17 Å². The summed E-state index contributed by atoms with van der Waals surface area (Å²) in [6.07, 6.45) is 0.135. The van der Waals surface area contributed by atoms with Gasteiger partial charge in [0, 0.05) is 18.6 Å². The molecule has 12 heavy (non-hydrogen) atoms. The number of alkyl halides is 1. The van der Waals surface area contributed by atoms with Crippen LogP contribution in [0.5, 0.6) is 0 Å². The molecule has 1 heterocycles. The topological polar surface area (TPSA) is 3.24 Å². The summed E-state index contributed by atoms with van der Waals surface area (Å²) in [4.78, 5) is 2.29.